The topological polar surface area (TPSA) is 84.3 Å². The summed E-state index contributed by atoms with van der Waals surface area (Å²) >= 11 is 0. The van der Waals surface area contributed by atoms with Crippen LogP contribution in [0.15, 0.2) is 36.2 Å². The van der Waals surface area contributed by atoms with Crippen LogP contribution in [-0.2, 0) is 9.53 Å². The van der Waals surface area contributed by atoms with Crippen LogP contribution in [0.5, 0.6) is 5.75 Å². The molecule has 37 heavy (non-hydrogen) atoms. The molecule has 4 rings (SSSR count). The van der Waals surface area contributed by atoms with Gasteiger partial charge in [-0.25, -0.2) is 5.43 Å². The number of likely N-dealkylation sites (N-methyl/N-ethyl adjacent to an activating group) is 1. The van der Waals surface area contributed by atoms with Crippen molar-refractivity contribution in [2.45, 2.75) is 70.2 Å². The standard InChI is InChI=1S/C28H42N6O3/c1-6-22-18-34(25-16-27(35)31(4)26-19-32(13-12-29)30-28(25)26)23(7-2)17-33(22)20(3)21-8-10-24(11-9-21)37-15-14-36-5/h8-11,19-20,22-23,25,28,30H,6-7,13-18H2,1-5H3/t20?,22-,23+,25?,28?/m1/s1. The van der Waals surface area contributed by atoms with Crippen LogP contribution in [0.3, 0.4) is 0 Å². The predicted molar refractivity (Wildman–Crippen MR) is 142 cm³/mol. The van der Waals surface area contributed by atoms with Gasteiger partial charge in [0.05, 0.1) is 24.4 Å². The van der Waals surface area contributed by atoms with E-state index in [1.54, 1.807) is 12.0 Å². The van der Waals surface area contributed by atoms with Crippen molar-refractivity contribution < 1.29 is 14.3 Å². The number of rotatable bonds is 10. The van der Waals surface area contributed by atoms with Gasteiger partial charge in [0.25, 0.3) is 0 Å². The first kappa shape index (κ1) is 27.4. The van der Waals surface area contributed by atoms with Gasteiger partial charge >= 0.3 is 0 Å². The van der Waals surface area contributed by atoms with Crippen LogP contribution in [0, 0.1) is 11.3 Å². The monoisotopic (exact) mass is 510 g/mol. The predicted octanol–water partition coefficient (Wildman–Crippen LogP) is 2.73. The van der Waals surface area contributed by atoms with Gasteiger partial charge in [0, 0.05) is 64.0 Å². The Hall–Kier alpha value is -2.64. The fraction of sp³-hybridized carbons (Fsp3) is 0.643. The highest BCUT2D eigenvalue weighted by atomic mass is 16.5. The highest BCUT2D eigenvalue weighted by Crippen LogP contribution is 2.36. The second-order valence-corrected chi connectivity index (χ2v) is 10.3. The highest BCUT2D eigenvalue weighted by molar-refractivity contribution is 5.80. The maximum absolute atomic E-state index is 13.0. The molecule has 0 radical (unpaired) electrons. The third kappa shape index (κ3) is 5.78. The van der Waals surface area contributed by atoms with E-state index in [4.69, 9.17) is 9.47 Å². The van der Waals surface area contributed by atoms with Crippen molar-refractivity contribution in [2.75, 3.05) is 47.0 Å². The number of nitriles is 1. The Morgan fingerprint density at radius 1 is 1.14 bits per heavy atom. The van der Waals surface area contributed by atoms with Crippen molar-refractivity contribution in [1.29, 1.82) is 5.26 Å². The minimum atomic E-state index is 0.0113. The summed E-state index contributed by atoms with van der Waals surface area (Å²) < 4.78 is 10.8. The number of hydrogen-bond donors (Lipinski definition) is 1. The van der Waals surface area contributed by atoms with E-state index in [9.17, 15) is 10.1 Å². The molecule has 2 saturated heterocycles. The molecule has 0 bridgehead atoms. The Morgan fingerprint density at radius 3 is 2.51 bits per heavy atom. The first-order chi connectivity index (χ1) is 17.9. The lowest BCUT2D eigenvalue weighted by atomic mass is 9.89. The lowest BCUT2D eigenvalue weighted by molar-refractivity contribution is -0.134. The summed E-state index contributed by atoms with van der Waals surface area (Å²) in [6, 6.07) is 11.7. The summed E-state index contributed by atoms with van der Waals surface area (Å²) in [5.74, 6) is 1.00. The molecule has 0 spiro atoms. The summed E-state index contributed by atoms with van der Waals surface area (Å²) in [5.41, 5.74) is 5.75. The lowest BCUT2D eigenvalue weighted by Crippen LogP contribution is -2.66. The molecule has 1 amide bonds. The van der Waals surface area contributed by atoms with Gasteiger partial charge in [0.2, 0.25) is 5.91 Å². The zero-order valence-electron chi connectivity index (χ0n) is 22.9. The number of hydrazine groups is 1. The van der Waals surface area contributed by atoms with Crippen molar-refractivity contribution in [3.05, 3.63) is 41.7 Å². The number of likely N-dealkylation sites (tertiary alicyclic amines) is 1. The normalized spacial score (nSPS) is 27.6. The SMILES string of the molecule is CC[C@@H]1CN(C2CC(=O)N(C)C3=CN(CC#N)NC32)[C@@H](CC)CN1C(C)c1ccc(OCCOC)cc1. The number of nitrogens with zero attached hydrogens (tertiary/aromatic N) is 5. The maximum atomic E-state index is 13.0. The Morgan fingerprint density at radius 2 is 1.86 bits per heavy atom. The van der Waals surface area contributed by atoms with E-state index in [2.05, 4.69) is 54.2 Å². The van der Waals surface area contributed by atoms with Crippen LogP contribution in [0.4, 0.5) is 0 Å². The van der Waals surface area contributed by atoms with Crippen molar-refractivity contribution in [1.82, 2.24) is 25.1 Å². The molecule has 202 valence electrons. The minimum Gasteiger partial charge on any atom is -0.491 e. The second kappa shape index (κ2) is 12.3. The van der Waals surface area contributed by atoms with Crippen molar-refractivity contribution in [2.24, 2.45) is 0 Å². The molecule has 3 unspecified atom stereocenters. The molecule has 5 atom stereocenters. The average molecular weight is 511 g/mol. The summed E-state index contributed by atoms with van der Waals surface area (Å²) in [6.07, 6.45) is 4.47. The number of ether oxygens (including phenoxy) is 2. The minimum absolute atomic E-state index is 0.0113. The third-order valence-corrected chi connectivity index (χ3v) is 8.25. The lowest BCUT2D eigenvalue weighted by Gasteiger charge is -2.53. The summed E-state index contributed by atoms with van der Waals surface area (Å²) in [6.45, 7) is 10.1. The summed E-state index contributed by atoms with van der Waals surface area (Å²) in [5, 5.41) is 11.0. The number of carbonyl (C=O) groups excluding carboxylic acids is 1. The van der Waals surface area contributed by atoms with Gasteiger partial charge in [-0.3, -0.25) is 19.6 Å². The number of fused-ring (bicyclic) bond motifs is 1. The molecule has 1 aromatic carbocycles. The molecule has 2 fully saturated rings. The Bertz CT molecular complexity index is 993. The van der Waals surface area contributed by atoms with Crippen molar-refractivity contribution in [3.63, 3.8) is 0 Å². The molecule has 3 aliphatic rings. The third-order valence-electron chi connectivity index (χ3n) is 8.25. The van der Waals surface area contributed by atoms with E-state index in [0.717, 1.165) is 37.4 Å². The number of amides is 1. The molecule has 0 saturated carbocycles. The smallest absolute Gasteiger partial charge is 0.228 e. The zero-order valence-corrected chi connectivity index (χ0v) is 22.9. The number of piperazine rings is 1. The van der Waals surface area contributed by atoms with Gasteiger partial charge in [-0.15, -0.1) is 0 Å². The largest absolute Gasteiger partial charge is 0.491 e. The number of carbonyl (C=O) groups is 1. The first-order valence-corrected chi connectivity index (χ1v) is 13.5. The van der Waals surface area contributed by atoms with Crippen LogP contribution < -0.4 is 10.2 Å². The molecule has 0 aliphatic carbocycles. The molecule has 1 aromatic rings. The summed E-state index contributed by atoms with van der Waals surface area (Å²) in [7, 11) is 3.52. The Labute approximate surface area is 221 Å². The van der Waals surface area contributed by atoms with Gasteiger partial charge in [-0.2, -0.15) is 5.26 Å². The molecule has 1 N–H and O–H groups in total. The van der Waals surface area contributed by atoms with E-state index >= 15 is 0 Å². The molecular weight excluding hydrogens is 468 g/mol. The number of hydrogen-bond acceptors (Lipinski definition) is 8. The van der Waals surface area contributed by atoms with Crippen LogP contribution >= 0.6 is 0 Å². The number of benzene rings is 1. The number of nitrogens with one attached hydrogen (secondary N) is 1. The zero-order chi connectivity index (χ0) is 26.5. The molecular formula is C28H42N6O3. The van der Waals surface area contributed by atoms with Crippen molar-refractivity contribution >= 4 is 5.91 Å². The van der Waals surface area contributed by atoms with E-state index in [0.29, 0.717) is 31.7 Å². The van der Waals surface area contributed by atoms with Crippen LogP contribution in [0.2, 0.25) is 0 Å². The molecule has 9 nitrogen and oxygen atoms in total. The van der Waals surface area contributed by atoms with Gasteiger partial charge in [-0.05, 0) is 37.5 Å². The number of piperidine rings is 1. The molecule has 3 aliphatic heterocycles. The highest BCUT2D eigenvalue weighted by Gasteiger charge is 2.47. The van der Waals surface area contributed by atoms with Gasteiger partial charge in [-0.1, -0.05) is 26.0 Å². The molecule has 0 aromatic heterocycles. The van der Waals surface area contributed by atoms with E-state index in [1.165, 1.54) is 5.56 Å². The molecule has 3 heterocycles. The number of methoxy groups -OCH3 is 1. The first-order valence-electron chi connectivity index (χ1n) is 13.5. The van der Waals surface area contributed by atoms with Gasteiger partial charge in [0.15, 0.2) is 0 Å². The van der Waals surface area contributed by atoms with Gasteiger partial charge in [0.1, 0.15) is 18.9 Å². The van der Waals surface area contributed by atoms with Crippen molar-refractivity contribution in [3.8, 4) is 11.8 Å². The second-order valence-electron chi connectivity index (χ2n) is 10.3. The maximum Gasteiger partial charge on any atom is 0.228 e. The quantitative estimate of drug-likeness (QED) is 0.380. The fourth-order valence-electron chi connectivity index (χ4n) is 6.03. The fourth-order valence-corrected chi connectivity index (χ4v) is 6.03. The summed E-state index contributed by atoms with van der Waals surface area (Å²) in [4.78, 5) is 20.0. The van der Waals surface area contributed by atoms with Gasteiger partial charge < -0.3 is 14.4 Å². The van der Waals surface area contributed by atoms with E-state index in [1.807, 2.05) is 30.4 Å². The average Bonchev–Trinajstić information content (AvgIpc) is 3.34. The molecule has 9 heteroatoms. The van der Waals surface area contributed by atoms with E-state index < -0.39 is 0 Å². The van der Waals surface area contributed by atoms with Crippen LogP contribution in [0.1, 0.15) is 51.6 Å². The van der Waals surface area contributed by atoms with E-state index in [-0.39, 0.29) is 30.6 Å². The van der Waals surface area contributed by atoms with Crippen LogP contribution in [0.25, 0.3) is 0 Å². The Kier molecular flexibility index (Phi) is 9.08. The van der Waals surface area contributed by atoms with Crippen LogP contribution in [-0.4, -0.2) is 96.8 Å². The Balaban J connectivity index is 1.50.